The van der Waals surface area contributed by atoms with Gasteiger partial charge in [0.25, 0.3) is 15.9 Å². The number of sulfonamides is 1. The molecule has 0 unspecified atom stereocenters. The van der Waals surface area contributed by atoms with Gasteiger partial charge in [0.2, 0.25) is 0 Å². The zero-order valence-corrected chi connectivity index (χ0v) is 19.9. The van der Waals surface area contributed by atoms with Crippen molar-refractivity contribution >= 4 is 27.3 Å². The van der Waals surface area contributed by atoms with E-state index in [2.05, 4.69) is 9.62 Å². The molecule has 8 nitrogen and oxygen atoms in total. The van der Waals surface area contributed by atoms with Crippen molar-refractivity contribution < 1.29 is 22.7 Å². The van der Waals surface area contributed by atoms with Gasteiger partial charge in [-0.2, -0.15) is 0 Å². The molecule has 0 saturated carbocycles. The number of hydrogen-bond acceptors (Lipinski definition) is 6. The van der Waals surface area contributed by atoms with Crippen LogP contribution in [0.5, 0.6) is 11.5 Å². The Kier molecular flexibility index (Phi) is 6.93. The number of methoxy groups -OCH3 is 2. The van der Waals surface area contributed by atoms with E-state index in [9.17, 15) is 13.2 Å². The van der Waals surface area contributed by atoms with Crippen molar-refractivity contribution in [2.24, 2.45) is 0 Å². The van der Waals surface area contributed by atoms with E-state index in [1.807, 2.05) is 24.3 Å². The number of nitrogens with zero attached hydrogens (tertiary/aromatic N) is 2. The van der Waals surface area contributed by atoms with Crippen molar-refractivity contribution in [2.75, 3.05) is 50.0 Å². The van der Waals surface area contributed by atoms with Crippen LogP contribution in [0.25, 0.3) is 0 Å². The topological polar surface area (TPSA) is 88.2 Å². The van der Waals surface area contributed by atoms with Gasteiger partial charge < -0.3 is 19.3 Å². The van der Waals surface area contributed by atoms with Crippen molar-refractivity contribution in [3.05, 3.63) is 78.4 Å². The summed E-state index contributed by atoms with van der Waals surface area (Å²) >= 11 is 0. The van der Waals surface area contributed by atoms with E-state index >= 15 is 0 Å². The van der Waals surface area contributed by atoms with Gasteiger partial charge in [-0.15, -0.1) is 0 Å². The molecule has 0 spiro atoms. The number of hydrogen-bond donors (Lipinski definition) is 1. The maximum absolute atomic E-state index is 13.2. The smallest absolute Gasteiger partial charge is 0.262 e. The van der Waals surface area contributed by atoms with E-state index in [4.69, 9.17) is 9.47 Å². The number of carbonyl (C=O) groups is 1. The third-order valence-electron chi connectivity index (χ3n) is 5.74. The number of para-hydroxylation sites is 4. The van der Waals surface area contributed by atoms with Crippen LogP contribution in [0.4, 0.5) is 11.4 Å². The fraction of sp³-hybridized carbons (Fsp3) is 0.240. The number of nitrogens with one attached hydrogen (secondary N) is 1. The van der Waals surface area contributed by atoms with Gasteiger partial charge >= 0.3 is 0 Å². The molecule has 1 fully saturated rings. The molecule has 3 aromatic carbocycles. The van der Waals surface area contributed by atoms with Crippen molar-refractivity contribution in [3.8, 4) is 11.5 Å². The molecular weight excluding hydrogens is 454 g/mol. The lowest BCUT2D eigenvalue weighted by atomic mass is 10.1. The molecular formula is C25H27N3O5S. The van der Waals surface area contributed by atoms with E-state index in [-0.39, 0.29) is 10.8 Å². The molecule has 0 radical (unpaired) electrons. The average Bonchev–Trinajstić information content (AvgIpc) is 2.88. The summed E-state index contributed by atoms with van der Waals surface area (Å²) in [7, 11) is -0.795. The second-order valence-electron chi connectivity index (χ2n) is 7.78. The van der Waals surface area contributed by atoms with Gasteiger partial charge in [0.1, 0.15) is 11.5 Å². The number of carbonyl (C=O) groups excluding carboxylic acids is 1. The molecule has 1 saturated heterocycles. The Labute approximate surface area is 199 Å². The zero-order chi connectivity index (χ0) is 24.1. The SMILES string of the molecule is COc1ccccc1NS(=O)(=O)c1cccc(C(=O)N2CCN(c3ccccc3OC)CC2)c1. The molecule has 1 N–H and O–H groups in total. The largest absolute Gasteiger partial charge is 0.495 e. The third-order valence-corrected chi connectivity index (χ3v) is 7.10. The van der Waals surface area contributed by atoms with Crippen LogP contribution in [0.2, 0.25) is 0 Å². The van der Waals surface area contributed by atoms with Gasteiger partial charge in [-0.05, 0) is 42.5 Å². The summed E-state index contributed by atoms with van der Waals surface area (Å²) in [6.45, 7) is 2.35. The van der Waals surface area contributed by atoms with Gasteiger partial charge in [0, 0.05) is 31.7 Å². The molecule has 3 aromatic rings. The van der Waals surface area contributed by atoms with Crippen LogP contribution in [0.1, 0.15) is 10.4 Å². The predicted molar refractivity (Wildman–Crippen MR) is 131 cm³/mol. The number of anilines is 2. The van der Waals surface area contributed by atoms with E-state index in [0.29, 0.717) is 43.2 Å². The van der Waals surface area contributed by atoms with E-state index in [1.165, 1.54) is 19.2 Å². The van der Waals surface area contributed by atoms with Crippen LogP contribution in [0.15, 0.2) is 77.7 Å². The highest BCUT2D eigenvalue weighted by atomic mass is 32.2. The lowest BCUT2D eigenvalue weighted by Crippen LogP contribution is -2.48. The summed E-state index contributed by atoms with van der Waals surface area (Å²) < 4.78 is 39.2. The minimum atomic E-state index is -3.91. The second kappa shape index (κ2) is 10.0. The fourth-order valence-corrected chi connectivity index (χ4v) is 5.07. The number of ether oxygens (including phenoxy) is 2. The summed E-state index contributed by atoms with van der Waals surface area (Å²) in [5.74, 6) is 1.00. The monoisotopic (exact) mass is 481 g/mol. The molecule has 178 valence electrons. The summed E-state index contributed by atoms with van der Waals surface area (Å²) in [6, 6.07) is 20.6. The summed E-state index contributed by atoms with van der Waals surface area (Å²) in [4.78, 5) is 17.1. The Morgan fingerprint density at radius 2 is 1.47 bits per heavy atom. The first-order valence-electron chi connectivity index (χ1n) is 10.9. The Bertz CT molecular complexity index is 1270. The van der Waals surface area contributed by atoms with Gasteiger partial charge in [0.05, 0.1) is 30.5 Å². The standard InChI is InChI=1S/C25H27N3O5S/c1-32-23-12-5-3-10-21(23)26-34(30,31)20-9-7-8-19(18-20)25(29)28-16-14-27(15-17-28)22-11-4-6-13-24(22)33-2/h3-13,18,26H,14-17H2,1-2H3. The average molecular weight is 482 g/mol. The van der Waals surface area contributed by atoms with Crippen LogP contribution in [0.3, 0.4) is 0 Å². The van der Waals surface area contributed by atoms with Crippen molar-refractivity contribution in [1.29, 1.82) is 0 Å². The van der Waals surface area contributed by atoms with Gasteiger partial charge in [-0.25, -0.2) is 8.42 Å². The Morgan fingerprint density at radius 1 is 0.824 bits per heavy atom. The number of rotatable bonds is 7. The first kappa shape index (κ1) is 23.4. The first-order chi connectivity index (χ1) is 16.4. The lowest BCUT2D eigenvalue weighted by molar-refractivity contribution is 0.0746. The lowest BCUT2D eigenvalue weighted by Gasteiger charge is -2.36. The Balaban J connectivity index is 1.47. The number of benzene rings is 3. The zero-order valence-electron chi connectivity index (χ0n) is 19.1. The van der Waals surface area contributed by atoms with Crippen molar-refractivity contribution in [3.63, 3.8) is 0 Å². The molecule has 1 aliphatic rings. The second-order valence-corrected chi connectivity index (χ2v) is 9.47. The summed E-state index contributed by atoms with van der Waals surface area (Å²) in [5.41, 5.74) is 1.65. The van der Waals surface area contributed by atoms with Gasteiger partial charge in [0.15, 0.2) is 0 Å². The summed E-state index contributed by atoms with van der Waals surface area (Å²) in [6.07, 6.45) is 0. The van der Waals surface area contributed by atoms with Crippen molar-refractivity contribution in [2.45, 2.75) is 4.90 Å². The quantitative estimate of drug-likeness (QED) is 0.556. The molecule has 1 heterocycles. The number of amides is 1. The van der Waals surface area contributed by atoms with E-state index in [0.717, 1.165) is 11.4 Å². The molecule has 0 aromatic heterocycles. The highest BCUT2D eigenvalue weighted by Gasteiger charge is 2.25. The third kappa shape index (κ3) is 4.94. The van der Waals surface area contributed by atoms with Crippen LogP contribution in [-0.4, -0.2) is 59.6 Å². The molecule has 9 heteroatoms. The molecule has 34 heavy (non-hydrogen) atoms. The van der Waals surface area contributed by atoms with Crippen LogP contribution < -0.4 is 19.1 Å². The predicted octanol–water partition coefficient (Wildman–Crippen LogP) is 3.47. The van der Waals surface area contributed by atoms with Crippen LogP contribution in [-0.2, 0) is 10.0 Å². The molecule has 1 aliphatic heterocycles. The molecule has 0 atom stereocenters. The molecule has 4 rings (SSSR count). The molecule has 1 amide bonds. The van der Waals surface area contributed by atoms with Crippen molar-refractivity contribution in [1.82, 2.24) is 4.90 Å². The maximum Gasteiger partial charge on any atom is 0.262 e. The Morgan fingerprint density at radius 3 is 2.18 bits per heavy atom. The highest BCUT2D eigenvalue weighted by molar-refractivity contribution is 7.92. The highest BCUT2D eigenvalue weighted by Crippen LogP contribution is 2.29. The minimum absolute atomic E-state index is 0.0110. The van der Waals surface area contributed by atoms with Gasteiger partial charge in [-0.1, -0.05) is 30.3 Å². The maximum atomic E-state index is 13.2. The first-order valence-corrected chi connectivity index (χ1v) is 12.3. The molecule has 0 aliphatic carbocycles. The molecule has 0 bridgehead atoms. The minimum Gasteiger partial charge on any atom is -0.495 e. The van der Waals surface area contributed by atoms with Gasteiger partial charge in [-0.3, -0.25) is 9.52 Å². The normalized spacial score (nSPS) is 13.9. The van der Waals surface area contributed by atoms with E-state index in [1.54, 1.807) is 48.4 Å². The van der Waals surface area contributed by atoms with E-state index < -0.39 is 10.0 Å². The number of piperazine rings is 1. The summed E-state index contributed by atoms with van der Waals surface area (Å²) in [5, 5.41) is 0. The van der Waals surface area contributed by atoms with Crippen LogP contribution >= 0.6 is 0 Å². The van der Waals surface area contributed by atoms with Crippen LogP contribution in [0, 0.1) is 0 Å². The fourth-order valence-electron chi connectivity index (χ4n) is 3.95. The Hall–Kier alpha value is -3.72.